The van der Waals surface area contributed by atoms with Crippen LogP contribution in [0.15, 0.2) is 41.3 Å². The Balaban J connectivity index is 1.98. The lowest BCUT2D eigenvalue weighted by Gasteiger charge is -2.24. The van der Waals surface area contributed by atoms with Crippen LogP contribution in [0.4, 0.5) is 5.69 Å². The minimum absolute atomic E-state index is 0.0797. The van der Waals surface area contributed by atoms with E-state index in [1.807, 2.05) is 0 Å². The van der Waals surface area contributed by atoms with E-state index in [9.17, 15) is 22.8 Å². The van der Waals surface area contributed by atoms with Crippen molar-refractivity contribution in [3.63, 3.8) is 0 Å². The molecule has 0 spiro atoms. The van der Waals surface area contributed by atoms with Crippen LogP contribution in [0.5, 0.6) is 5.75 Å². The molecular weight excluding hydrogens is 468 g/mol. The quantitative estimate of drug-likeness (QED) is 0.662. The maximum Gasteiger partial charge on any atom is 0.266 e. The van der Waals surface area contributed by atoms with Gasteiger partial charge in [0.1, 0.15) is 5.75 Å². The van der Waals surface area contributed by atoms with Crippen molar-refractivity contribution in [2.75, 3.05) is 19.0 Å². The third-order valence-corrected chi connectivity index (χ3v) is 7.48. The van der Waals surface area contributed by atoms with E-state index in [1.165, 1.54) is 32.2 Å². The van der Waals surface area contributed by atoms with Crippen molar-refractivity contribution in [1.29, 1.82) is 0 Å². The maximum atomic E-state index is 13.4. The fourth-order valence-corrected chi connectivity index (χ4v) is 5.41. The Hall–Kier alpha value is -2.91. The third-order valence-electron chi connectivity index (χ3n) is 5.50. The summed E-state index contributed by atoms with van der Waals surface area (Å²) in [6.07, 6.45) is 0.466. The lowest BCUT2D eigenvalue weighted by molar-refractivity contribution is -0.131. The van der Waals surface area contributed by atoms with Crippen molar-refractivity contribution in [2.45, 2.75) is 38.0 Å². The Morgan fingerprint density at radius 2 is 1.94 bits per heavy atom. The summed E-state index contributed by atoms with van der Waals surface area (Å²) in [6, 6.07) is 9.18. The Labute approximate surface area is 197 Å². The molecule has 1 N–H and O–H groups in total. The number of halogens is 1. The first-order chi connectivity index (χ1) is 15.5. The van der Waals surface area contributed by atoms with Gasteiger partial charge in [-0.15, -0.1) is 0 Å². The predicted octanol–water partition coefficient (Wildman–Crippen LogP) is 3.35. The van der Waals surface area contributed by atoms with Crippen LogP contribution in [0.3, 0.4) is 0 Å². The smallest absolute Gasteiger partial charge is 0.266 e. The van der Waals surface area contributed by atoms with Gasteiger partial charge >= 0.3 is 0 Å². The lowest BCUT2D eigenvalue weighted by atomic mass is 9.93. The van der Waals surface area contributed by atoms with Gasteiger partial charge in [0.2, 0.25) is 11.8 Å². The normalized spacial score (nSPS) is 17.0. The molecule has 0 aromatic heterocycles. The number of rotatable bonds is 6. The number of amides is 2. The first-order valence-corrected chi connectivity index (χ1v) is 12.1. The van der Waals surface area contributed by atoms with Crippen LogP contribution in [0.2, 0.25) is 5.02 Å². The van der Waals surface area contributed by atoms with E-state index < -0.39 is 28.4 Å². The molecule has 0 bridgehead atoms. The van der Waals surface area contributed by atoms with E-state index in [-0.39, 0.29) is 35.8 Å². The molecule has 1 atom stereocenters. The van der Waals surface area contributed by atoms with Gasteiger partial charge in [0.25, 0.3) is 10.0 Å². The van der Waals surface area contributed by atoms with Crippen LogP contribution in [0.1, 0.15) is 30.9 Å². The largest absolute Gasteiger partial charge is 0.496 e. The third kappa shape index (κ3) is 5.54. The molecule has 33 heavy (non-hydrogen) atoms. The van der Waals surface area contributed by atoms with Crippen LogP contribution >= 0.6 is 11.6 Å². The number of ether oxygens (including phenoxy) is 1. The molecule has 2 amide bonds. The van der Waals surface area contributed by atoms with E-state index in [0.29, 0.717) is 31.9 Å². The summed E-state index contributed by atoms with van der Waals surface area (Å²) >= 11 is 6.10. The molecule has 2 aromatic carbocycles. The van der Waals surface area contributed by atoms with Crippen LogP contribution in [-0.2, 0) is 30.8 Å². The second kappa shape index (κ2) is 9.93. The van der Waals surface area contributed by atoms with Gasteiger partial charge in [-0.1, -0.05) is 17.7 Å². The Bertz CT molecular complexity index is 1210. The predicted molar refractivity (Wildman–Crippen MR) is 124 cm³/mol. The molecule has 2 aromatic rings. The van der Waals surface area contributed by atoms with Crippen LogP contribution in [-0.4, -0.2) is 44.0 Å². The van der Waals surface area contributed by atoms with Crippen molar-refractivity contribution >= 4 is 44.9 Å². The fraction of sp³-hybridized carbons (Fsp3) is 0.348. The molecule has 1 saturated heterocycles. The molecule has 1 aliphatic heterocycles. The van der Waals surface area contributed by atoms with Crippen molar-refractivity contribution < 1.29 is 27.5 Å². The SMILES string of the molecule is COc1ccc(Cl)cc1CC1CCC(=O)CN(S(=O)(=O)c2ccc(C)c(NC(C)=O)c2)C1=O. The number of aryl methyl sites for hydroxylation is 1. The molecule has 0 saturated carbocycles. The number of ketones is 1. The van der Waals surface area contributed by atoms with Gasteiger partial charge < -0.3 is 10.1 Å². The van der Waals surface area contributed by atoms with Crippen molar-refractivity contribution in [3.05, 3.63) is 52.5 Å². The number of anilines is 1. The highest BCUT2D eigenvalue weighted by Gasteiger charge is 2.38. The molecule has 0 aliphatic carbocycles. The number of methoxy groups -OCH3 is 1. The topological polar surface area (TPSA) is 110 Å². The summed E-state index contributed by atoms with van der Waals surface area (Å²) in [5.74, 6) is -1.59. The Morgan fingerprint density at radius 1 is 1.21 bits per heavy atom. The van der Waals surface area contributed by atoms with Gasteiger partial charge in [0.05, 0.1) is 18.6 Å². The van der Waals surface area contributed by atoms with Crippen LogP contribution in [0.25, 0.3) is 0 Å². The van der Waals surface area contributed by atoms with Crippen LogP contribution < -0.4 is 10.1 Å². The molecule has 10 heteroatoms. The zero-order valence-corrected chi connectivity index (χ0v) is 20.1. The number of nitrogens with zero attached hydrogens (tertiary/aromatic N) is 1. The molecule has 0 radical (unpaired) electrons. The van der Waals surface area contributed by atoms with Gasteiger partial charge in [0, 0.05) is 30.0 Å². The molecule has 3 rings (SSSR count). The monoisotopic (exact) mass is 492 g/mol. The summed E-state index contributed by atoms with van der Waals surface area (Å²) < 4.78 is 32.8. The van der Waals surface area contributed by atoms with E-state index in [4.69, 9.17) is 16.3 Å². The number of carbonyl (C=O) groups is 3. The second-order valence-corrected chi connectivity index (χ2v) is 10.2. The van der Waals surface area contributed by atoms with Gasteiger partial charge in [-0.2, -0.15) is 0 Å². The first kappa shape index (κ1) is 24.7. The van der Waals surface area contributed by atoms with Gasteiger partial charge in [-0.25, -0.2) is 12.7 Å². The standard InChI is InChI=1S/C23H25ClN2O6S/c1-14-4-8-20(12-21(14)25-15(2)27)33(30,31)26-13-19(28)7-5-16(23(26)29)10-17-11-18(24)6-9-22(17)32-3/h4,6,8-9,11-12,16H,5,7,10,13H2,1-3H3,(H,25,27). The molecule has 1 aliphatic rings. The number of Topliss-reactive ketones (excluding diaryl/α,β-unsaturated/α-hetero) is 1. The summed E-state index contributed by atoms with van der Waals surface area (Å²) in [6.45, 7) is 2.50. The zero-order chi connectivity index (χ0) is 24.3. The van der Waals surface area contributed by atoms with Crippen molar-refractivity contribution in [2.24, 2.45) is 5.92 Å². The maximum absolute atomic E-state index is 13.4. The van der Waals surface area contributed by atoms with Crippen molar-refractivity contribution in [1.82, 2.24) is 4.31 Å². The summed E-state index contributed by atoms with van der Waals surface area (Å²) in [5, 5.41) is 3.04. The number of nitrogens with one attached hydrogen (secondary N) is 1. The summed E-state index contributed by atoms with van der Waals surface area (Å²) in [5.41, 5.74) is 1.63. The molecule has 1 fully saturated rings. The highest BCUT2D eigenvalue weighted by atomic mass is 35.5. The van der Waals surface area contributed by atoms with Gasteiger partial charge in [-0.05, 0) is 61.2 Å². The first-order valence-electron chi connectivity index (χ1n) is 10.3. The minimum atomic E-state index is -4.34. The van der Waals surface area contributed by atoms with Gasteiger partial charge in [-0.3, -0.25) is 14.4 Å². The molecule has 1 heterocycles. The molecule has 1 unspecified atom stereocenters. The number of benzene rings is 2. The molecule has 176 valence electrons. The highest BCUT2D eigenvalue weighted by molar-refractivity contribution is 7.89. The van der Waals surface area contributed by atoms with E-state index in [0.717, 1.165) is 0 Å². The molecule has 8 nitrogen and oxygen atoms in total. The van der Waals surface area contributed by atoms with Crippen LogP contribution in [0, 0.1) is 12.8 Å². The average Bonchev–Trinajstić information content (AvgIpc) is 2.89. The number of sulfonamides is 1. The zero-order valence-electron chi connectivity index (χ0n) is 18.6. The van der Waals surface area contributed by atoms with Gasteiger partial charge in [0.15, 0.2) is 5.78 Å². The Morgan fingerprint density at radius 3 is 2.61 bits per heavy atom. The fourth-order valence-electron chi connectivity index (χ4n) is 3.76. The summed E-state index contributed by atoms with van der Waals surface area (Å²) in [4.78, 5) is 37.1. The number of carbonyl (C=O) groups excluding carboxylic acids is 3. The lowest BCUT2D eigenvalue weighted by Crippen LogP contribution is -2.42. The average molecular weight is 493 g/mol. The molecular formula is C23H25ClN2O6S. The highest BCUT2D eigenvalue weighted by Crippen LogP contribution is 2.31. The number of hydrogen-bond donors (Lipinski definition) is 1. The van der Waals surface area contributed by atoms with E-state index in [2.05, 4.69) is 5.32 Å². The van der Waals surface area contributed by atoms with E-state index >= 15 is 0 Å². The van der Waals surface area contributed by atoms with E-state index in [1.54, 1.807) is 25.1 Å². The second-order valence-electron chi connectivity index (χ2n) is 7.94. The number of hydrogen-bond acceptors (Lipinski definition) is 6. The Kier molecular flexibility index (Phi) is 7.44. The summed E-state index contributed by atoms with van der Waals surface area (Å²) in [7, 11) is -2.85. The minimum Gasteiger partial charge on any atom is -0.496 e. The van der Waals surface area contributed by atoms with Crippen molar-refractivity contribution in [3.8, 4) is 5.75 Å².